The fourth-order valence-electron chi connectivity index (χ4n) is 3.23. The second kappa shape index (κ2) is 7.53. The van der Waals surface area contributed by atoms with Crippen molar-refractivity contribution in [1.29, 1.82) is 5.26 Å². The maximum absolute atomic E-state index is 9.69. The molecule has 5 nitrogen and oxygen atoms in total. The molecule has 0 atom stereocenters. The van der Waals surface area contributed by atoms with Gasteiger partial charge in [0.25, 0.3) is 0 Å². The van der Waals surface area contributed by atoms with E-state index in [1.165, 1.54) is 0 Å². The van der Waals surface area contributed by atoms with E-state index in [1.54, 1.807) is 24.5 Å². The molecule has 0 N–H and O–H groups in total. The Morgan fingerprint density at radius 2 is 1.20 bits per heavy atom. The molecule has 5 aromatic rings. The molecule has 2 heterocycles. The fourth-order valence-corrected chi connectivity index (χ4v) is 3.23. The molecule has 0 saturated carbocycles. The standard InChI is InChI=1S/C25H15N3O2/c26-14-20-13-19(24-27-15-22(29-24)17-7-3-1-4-8-17)11-12-21(20)25-28-16-23(30-25)18-9-5-2-6-10-18/h1-13,15-16H. The molecule has 0 fully saturated rings. The topological polar surface area (TPSA) is 75.8 Å². The van der Waals surface area contributed by atoms with E-state index in [2.05, 4.69) is 16.0 Å². The quantitative estimate of drug-likeness (QED) is 0.366. The minimum absolute atomic E-state index is 0.398. The number of hydrogen-bond acceptors (Lipinski definition) is 5. The fraction of sp³-hybridized carbons (Fsp3) is 0. The molecule has 0 aliphatic heterocycles. The summed E-state index contributed by atoms with van der Waals surface area (Å²) in [6.45, 7) is 0. The van der Waals surface area contributed by atoms with E-state index in [9.17, 15) is 5.26 Å². The van der Waals surface area contributed by atoms with Gasteiger partial charge in [-0.2, -0.15) is 5.26 Å². The van der Waals surface area contributed by atoms with Crippen molar-refractivity contribution in [3.63, 3.8) is 0 Å². The van der Waals surface area contributed by atoms with Crippen LogP contribution in [0.25, 0.3) is 45.6 Å². The number of hydrogen-bond donors (Lipinski definition) is 0. The second-order valence-corrected chi connectivity index (χ2v) is 6.66. The predicted octanol–water partition coefficient (Wildman–Crippen LogP) is 6.20. The third-order valence-electron chi connectivity index (χ3n) is 4.75. The molecule has 5 rings (SSSR count). The third kappa shape index (κ3) is 3.27. The van der Waals surface area contributed by atoms with Crippen molar-refractivity contribution in [1.82, 2.24) is 9.97 Å². The summed E-state index contributed by atoms with van der Waals surface area (Å²) in [6.07, 6.45) is 3.35. The van der Waals surface area contributed by atoms with E-state index in [1.807, 2.05) is 66.7 Å². The van der Waals surface area contributed by atoms with Gasteiger partial charge in [0.05, 0.1) is 29.6 Å². The van der Waals surface area contributed by atoms with Crippen LogP contribution in [0, 0.1) is 11.3 Å². The maximum Gasteiger partial charge on any atom is 0.228 e. The number of aromatic nitrogens is 2. The monoisotopic (exact) mass is 389 g/mol. The zero-order chi connectivity index (χ0) is 20.3. The van der Waals surface area contributed by atoms with Gasteiger partial charge in [-0.05, 0) is 18.2 Å². The summed E-state index contributed by atoms with van der Waals surface area (Å²) in [5.74, 6) is 2.18. The molecule has 0 unspecified atom stereocenters. The van der Waals surface area contributed by atoms with Gasteiger partial charge in [-0.1, -0.05) is 60.7 Å². The Balaban J connectivity index is 1.48. The molecule has 2 aromatic heterocycles. The van der Waals surface area contributed by atoms with Crippen molar-refractivity contribution in [2.24, 2.45) is 0 Å². The Hall–Kier alpha value is -4.43. The average molecular weight is 389 g/mol. The smallest absolute Gasteiger partial charge is 0.228 e. The van der Waals surface area contributed by atoms with Crippen LogP contribution in [0.3, 0.4) is 0 Å². The van der Waals surface area contributed by atoms with Crippen LogP contribution in [0.4, 0.5) is 0 Å². The molecule has 3 aromatic carbocycles. The summed E-state index contributed by atoms with van der Waals surface area (Å²) in [5, 5.41) is 9.69. The normalized spacial score (nSPS) is 10.6. The van der Waals surface area contributed by atoms with Crippen LogP contribution in [0.5, 0.6) is 0 Å². The highest BCUT2D eigenvalue weighted by molar-refractivity contribution is 5.71. The van der Waals surface area contributed by atoms with Crippen LogP contribution in [0.2, 0.25) is 0 Å². The first-order chi connectivity index (χ1) is 14.8. The summed E-state index contributed by atoms with van der Waals surface area (Å²) >= 11 is 0. The van der Waals surface area contributed by atoms with E-state index in [-0.39, 0.29) is 0 Å². The Morgan fingerprint density at radius 1 is 0.633 bits per heavy atom. The molecular weight excluding hydrogens is 374 g/mol. The van der Waals surface area contributed by atoms with Gasteiger partial charge in [0.1, 0.15) is 0 Å². The van der Waals surface area contributed by atoms with Gasteiger partial charge in [-0.3, -0.25) is 0 Å². The van der Waals surface area contributed by atoms with E-state index in [0.29, 0.717) is 40.0 Å². The molecule has 0 amide bonds. The van der Waals surface area contributed by atoms with E-state index >= 15 is 0 Å². The van der Waals surface area contributed by atoms with Crippen LogP contribution in [-0.4, -0.2) is 9.97 Å². The Kier molecular flexibility index (Phi) is 4.43. The van der Waals surface area contributed by atoms with E-state index in [4.69, 9.17) is 8.83 Å². The van der Waals surface area contributed by atoms with Crippen molar-refractivity contribution < 1.29 is 8.83 Å². The van der Waals surface area contributed by atoms with Gasteiger partial charge >= 0.3 is 0 Å². The van der Waals surface area contributed by atoms with Crippen LogP contribution in [0.1, 0.15) is 5.56 Å². The van der Waals surface area contributed by atoms with Crippen LogP contribution in [-0.2, 0) is 0 Å². The van der Waals surface area contributed by atoms with E-state index < -0.39 is 0 Å². The number of benzene rings is 3. The first-order valence-electron chi connectivity index (χ1n) is 9.39. The lowest BCUT2D eigenvalue weighted by Gasteiger charge is -2.02. The van der Waals surface area contributed by atoms with Crippen molar-refractivity contribution in [2.45, 2.75) is 0 Å². The number of oxazole rings is 2. The van der Waals surface area contributed by atoms with Gasteiger partial charge < -0.3 is 8.83 Å². The van der Waals surface area contributed by atoms with Gasteiger partial charge in [0.2, 0.25) is 11.8 Å². The lowest BCUT2D eigenvalue weighted by atomic mass is 10.0. The molecule has 5 heteroatoms. The third-order valence-corrected chi connectivity index (χ3v) is 4.75. The van der Waals surface area contributed by atoms with Gasteiger partial charge in [-0.25, -0.2) is 9.97 Å². The number of rotatable bonds is 4. The van der Waals surface area contributed by atoms with Gasteiger partial charge in [0, 0.05) is 16.7 Å². The Bertz CT molecular complexity index is 1350. The Labute approximate surface area is 172 Å². The second-order valence-electron chi connectivity index (χ2n) is 6.66. The Morgan fingerprint density at radius 3 is 1.80 bits per heavy atom. The molecular formula is C25H15N3O2. The summed E-state index contributed by atoms with van der Waals surface area (Å²) in [4.78, 5) is 8.73. The lowest BCUT2D eigenvalue weighted by molar-refractivity contribution is 0.586. The summed E-state index contributed by atoms with van der Waals surface area (Å²) in [5.41, 5.74) is 3.65. The van der Waals surface area contributed by atoms with Gasteiger partial charge in [-0.15, -0.1) is 0 Å². The first-order valence-corrected chi connectivity index (χ1v) is 9.39. The van der Waals surface area contributed by atoms with Crippen molar-refractivity contribution in [3.8, 4) is 51.6 Å². The van der Waals surface area contributed by atoms with Crippen molar-refractivity contribution in [3.05, 3.63) is 96.8 Å². The molecule has 0 aliphatic carbocycles. The predicted molar refractivity (Wildman–Crippen MR) is 113 cm³/mol. The highest BCUT2D eigenvalue weighted by Crippen LogP contribution is 2.32. The molecule has 30 heavy (non-hydrogen) atoms. The molecule has 142 valence electrons. The SMILES string of the molecule is N#Cc1cc(-c2ncc(-c3ccccc3)o2)ccc1-c1ncc(-c2ccccc2)o1. The van der Waals surface area contributed by atoms with Crippen LogP contribution >= 0.6 is 0 Å². The van der Waals surface area contributed by atoms with Crippen molar-refractivity contribution in [2.75, 3.05) is 0 Å². The minimum atomic E-state index is 0.398. The molecule has 0 bridgehead atoms. The zero-order valence-electron chi connectivity index (χ0n) is 15.8. The van der Waals surface area contributed by atoms with Crippen LogP contribution in [0.15, 0.2) is 100 Å². The number of nitrogens with zero attached hydrogens (tertiary/aromatic N) is 3. The summed E-state index contributed by atoms with van der Waals surface area (Å²) in [6, 6.07) is 27.1. The zero-order valence-corrected chi connectivity index (χ0v) is 15.8. The van der Waals surface area contributed by atoms with Crippen LogP contribution < -0.4 is 0 Å². The average Bonchev–Trinajstić information content (AvgIpc) is 3.50. The summed E-state index contributed by atoms with van der Waals surface area (Å²) in [7, 11) is 0. The molecule has 0 radical (unpaired) electrons. The highest BCUT2D eigenvalue weighted by atomic mass is 16.4. The minimum Gasteiger partial charge on any atom is -0.436 e. The largest absolute Gasteiger partial charge is 0.436 e. The van der Waals surface area contributed by atoms with Crippen molar-refractivity contribution >= 4 is 0 Å². The first kappa shape index (κ1) is 17.7. The van der Waals surface area contributed by atoms with E-state index in [0.717, 1.165) is 11.1 Å². The highest BCUT2D eigenvalue weighted by Gasteiger charge is 2.15. The lowest BCUT2D eigenvalue weighted by Crippen LogP contribution is -1.87. The summed E-state index contributed by atoms with van der Waals surface area (Å²) < 4.78 is 11.8. The molecule has 0 aliphatic rings. The van der Waals surface area contributed by atoms with Gasteiger partial charge in [0.15, 0.2) is 11.5 Å². The molecule has 0 spiro atoms. The number of nitriles is 1. The molecule has 0 saturated heterocycles. The maximum atomic E-state index is 9.69.